The highest BCUT2D eigenvalue weighted by Gasteiger charge is 2.37. The first-order valence-corrected chi connectivity index (χ1v) is 7.27. The summed E-state index contributed by atoms with van der Waals surface area (Å²) in [7, 11) is 1.63. The van der Waals surface area contributed by atoms with Crippen molar-refractivity contribution in [3.63, 3.8) is 0 Å². The predicted molar refractivity (Wildman–Crippen MR) is 79.7 cm³/mol. The maximum absolute atomic E-state index is 12.6. The first-order valence-electron chi connectivity index (χ1n) is 7.27. The fraction of sp³-hybridized carbons (Fsp3) is 0.500. The van der Waals surface area contributed by atoms with Crippen LogP contribution in [0.5, 0.6) is 0 Å². The standard InChI is InChI=1S/C16H22N2O3/c1-12-15(19)17-14(11-13-7-4-3-5-8-13)16(20)18(12)9-6-10-21-2/h3-5,7-8,12,14H,6,9-11H2,1-2H3,(H,17,19). The topological polar surface area (TPSA) is 58.6 Å². The molecule has 1 aromatic carbocycles. The van der Waals surface area contributed by atoms with Gasteiger partial charge in [0, 0.05) is 26.7 Å². The Balaban J connectivity index is 2.05. The lowest BCUT2D eigenvalue weighted by molar-refractivity contribution is -0.148. The smallest absolute Gasteiger partial charge is 0.246 e. The van der Waals surface area contributed by atoms with Crippen molar-refractivity contribution in [2.45, 2.75) is 31.8 Å². The molecule has 0 saturated carbocycles. The molecular weight excluding hydrogens is 268 g/mol. The second-order valence-corrected chi connectivity index (χ2v) is 5.30. The lowest BCUT2D eigenvalue weighted by atomic mass is 10.0. The van der Waals surface area contributed by atoms with Gasteiger partial charge in [-0.05, 0) is 18.9 Å². The molecule has 0 radical (unpaired) electrons. The molecule has 21 heavy (non-hydrogen) atoms. The highest BCUT2D eigenvalue weighted by Crippen LogP contribution is 2.14. The van der Waals surface area contributed by atoms with Crippen LogP contribution in [0.1, 0.15) is 18.9 Å². The molecule has 0 aromatic heterocycles. The van der Waals surface area contributed by atoms with Crippen molar-refractivity contribution >= 4 is 11.8 Å². The van der Waals surface area contributed by atoms with Gasteiger partial charge in [-0.2, -0.15) is 0 Å². The number of carbonyl (C=O) groups excluding carboxylic acids is 2. The zero-order valence-electron chi connectivity index (χ0n) is 12.5. The van der Waals surface area contributed by atoms with Gasteiger partial charge in [0.25, 0.3) is 0 Å². The van der Waals surface area contributed by atoms with Crippen molar-refractivity contribution in [1.29, 1.82) is 0 Å². The monoisotopic (exact) mass is 290 g/mol. The van der Waals surface area contributed by atoms with Crippen LogP contribution < -0.4 is 5.32 Å². The van der Waals surface area contributed by atoms with E-state index in [1.54, 1.807) is 18.9 Å². The second kappa shape index (κ2) is 7.22. The molecule has 0 spiro atoms. The van der Waals surface area contributed by atoms with Crippen LogP contribution in [0, 0.1) is 0 Å². The Morgan fingerprint density at radius 3 is 2.62 bits per heavy atom. The maximum atomic E-state index is 12.6. The summed E-state index contributed by atoms with van der Waals surface area (Å²) in [6.07, 6.45) is 1.26. The van der Waals surface area contributed by atoms with Crippen LogP contribution in [0.4, 0.5) is 0 Å². The van der Waals surface area contributed by atoms with Gasteiger partial charge in [0.1, 0.15) is 12.1 Å². The number of ether oxygens (including phenoxy) is 1. The number of piperazine rings is 1. The third kappa shape index (κ3) is 3.82. The van der Waals surface area contributed by atoms with E-state index in [4.69, 9.17) is 4.74 Å². The van der Waals surface area contributed by atoms with E-state index in [9.17, 15) is 9.59 Å². The minimum atomic E-state index is -0.473. The van der Waals surface area contributed by atoms with Crippen molar-refractivity contribution in [3.05, 3.63) is 35.9 Å². The average Bonchev–Trinajstić information content (AvgIpc) is 2.49. The molecular formula is C16H22N2O3. The zero-order valence-corrected chi connectivity index (χ0v) is 12.5. The third-order valence-electron chi connectivity index (χ3n) is 3.77. The van der Waals surface area contributed by atoms with E-state index in [-0.39, 0.29) is 11.8 Å². The molecule has 0 aliphatic carbocycles. The number of methoxy groups -OCH3 is 1. The SMILES string of the molecule is COCCCN1C(=O)C(Cc2ccccc2)NC(=O)C1C. The Labute approximate surface area is 125 Å². The second-order valence-electron chi connectivity index (χ2n) is 5.30. The van der Waals surface area contributed by atoms with E-state index in [1.165, 1.54) is 0 Å². The molecule has 2 atom stereocenters. The largest absolute Gasteiger partial charge is 0.385 e. The normalized spacial score (nSPS) is 22.3. The quantitative estimate of drug-likeness (QED) is 0.795. The van der Waals surface area contributed by atoms with E-state index >= 15 is 0 Å². The molecule has 1 fully saturated rings. The maximum Gasteiger partial charge on any atom is 0.246 e. The number of amides is 2. The molecule has 2 rings (SSSR count). The molecule has 1 aromatic rings. The zero-order chi connectivity index (χ0) is 15.2. The summed E-state index contributed by atoms with van der Waals surface area (Å²) in [6.45, 7) is 2.90. The third-order valence-corrected chi connectivity index (χ3v) is 3.77. The van der Waals surface area contributed by atoms with E-state index in [0.717, 1.165) is 12.0 Å². The highest BCUT2D eigenvalue weighted by molar-refractivity contribution is 5.96. The Morgan fingerprint density at radius 1 is 1.24 bits per heavy atom. The van der Waals surface area contributed by atoms with Gasteiger partial charge >= 0.3 is 0 Å². The van der Waals surface area contributed by atoms with Gasteiger partial charge in [-0.25, -0.2) is 0 Å². The molecule has 1 saturated heterocycles. The lowest BCUT2D eigenvalue weighted by Crippen LogP contribution is -2.63. The Bertz CT molecular complexity index is 490. The number of rotatable bonds is 6. The van der Waals surface area contributed by atoms with E-state index < -0.39 is 12.1 Å². The molecule has 1 N–H and O–H groups in total. The van der Waals surface area contributed by atoms with Gasteiger partial charge < -0.3 is 15.0 Å². The minimum Gasteiger partial charge on any atom is -0.385 e. The van der Waals surface area contributed by atoms with Crippen LogP contribution in [0.15, 0.2) is 30.3 Å². The Hall–Kier alpha value is -1.88. The van der Waals surface area contributed by atoms with Crippen molar-refractivity contribution in [2.75, 3.05) is 20.3 Å². The van der Waals surface area contributed by atoms with E-state index in [2.05, 4.69) is 5.32 Å². The average molecular weight is 290 g/mol. The molecule has 1 aliphatic heterocycles. The Morgan fingerprint density at radius 2 is 1.95 bits per heavy atom. The molecule has 0 bridgehead atoms. The van der Waals surface area contributed by atoms with Gasteiger partial charge in [0.2, 0.25) is 11.8 Å². The number of nitrogens with one attached hydrogen (secondary N) is 1. The highest BCUT2D eigenvalue weighted by atomic mass is 16.5. The fourth-order valence-corrected chi connectivity index (χ4v) is 2.56. The molecule has 1 aliphatic rings. The van der Waals surface area contributed by atoms with Gasteiger partial charge in [-0.15, -0.1) is 0 Å². The van der Waals surface area contributed by atoms with Crippen LogP contribution in [0.25, 0.3) is 0 Å². The summed E-state index contributed by atoms with van der Waals surface area (Å²) in [4.78, 5) is 26.3. The summed E-state index contributed by atoms with van der Waals surface area (Å²) < 4.78 is 5.01. The van der Waals surface area contributed by atoms with Crippen LogP contribution in [0.2, 0.25) is 0 Å². The number of nitrogens with zero attached hydrogens (tertiary/aromatic N) is 1. The number of carbonyl (C=O) groups is 2. The number of hydrogen-bond acceptors (Lipinski definition) is 3. The minimum absolute atomic E-state index is 0.0120. The summed E-state index contributed by atoms with van der Waals surface area (Å²) in [5, 5.41) is 2.82. The van der Waals surface area contributed by atoms with E-state index in [1.807, 2.05) is 30.3 Å². The molecule has 2 amide bonds. The van der Waals surface area contributed by atoms with Gasteiger partial charge in [0.15, 0.2) is 0 Å². The van der Waals surface area contributed by atoms with Crippen molar-refractivity contribution in [1.82, 2.24) is 10.2 Å². The van der Waals surface area contributed by atoms with Crippen LogP contribution in [-0.2, 0) is 20.7 Å². The van der Waals surface area contributed by atoms with Gasteiger partial charge in [-0.3, -0.25) is 9.59 Å². The van der Waals surface area contributed by atoms with E-state index in [0.29, 0.717) is 19.6 Å². The molecule has 114 valence electrons. The van der Waals surface area contributed by atoms with Crippen molar-refractivity contribution in [3.8, 4) is 0 Å². The van der Waals surface area contributed by atoms with Crippen LogP contribution in [-0.4, -0.2) is 49.1 Å². The molecule has 2 unspecified atom stereocenters. The predicted octanol–water partition coefficient (Wildman–Crippen LogP) is 0.981. The van der Waals surface area contributed by atoms with Gasteiger partial charge in [-0.1, -0.05) is 30.3 Å². The summed E-state index contributed by atoms with van der Waals surface area (Å²) >= 11 is 0. The van der Waals surface area contributed by atoms with Crippen LogP contribution in [0.3, 0.4) is 0 Å². The first-order chi connectivity index (χ1) is 10.1. The molecule has 5 heteroatoms. The van der Waals surface area contributed by atoms with Crippen molar-refractivity contribution in [2.24, 2.45) is 0 Å². The summed E-state index contributed by atoms with van der Waals surface area (Å²) in [5.74, 6) is -0.102. The summed E-state index contributed by atoms with van der Waals surface area (Å²) in [6, 6.07) is 8.84. The molecule has 1 heterocycles. The first kappa shape index (κ1) is 15.5. The number of hydrogen-bond donors (Lipinski definition) is 1. The fourth-order valence-electron chi connectivity index (χ4n) is 2.56. The lowest BCUT2D eigenvalue weighted by Gasteiger charge is -2.37. The number of benzene rings is 1. The van der Waals surface area contributed by atoms with Crippen LogP contribution >= 0.6 is 0 Å². The Kier molecular flexibility index (Phi) is 5.33. The molecule has 5 nitrogen and oxygen atoms in total. The summed E-state index contributed by atoms with van der Waals surface area (Å²) in [5.41, 5.74) is 1.04. The van der Waals surface area contributed by atoms with Gasteiger partial charge in [0.05, 0.1) is 0 Å². The van der Waals surface area contributed by atoms with Crippen molar-refractivity contribution < 1.29 is 14.3 Å².